The van der Waals surface area contributed by atoms with Crippen molar-refractivity contribution >= 4 is 40.1 Å². The number of fused-ring (bicyclic) bond motifs is 1. The molecule has 0 aliphatic rings. The Kier molecular flexibility index (Phi) is 5.18. The van der Waals surface area contributed by atoms with Crippen molar-refractivity contribution in [2.45, 2.75) is 26.4 Å². The minimum atomic E-state index is -1.55. The van der Waals surface area contributed by atoms with E-state index in [1.807, 2.05) is 48.5 Å². The molecule has 4 nitrogen and oxygen atoms in total. The summed E-state index contributed by atoms with van der Waals surface area (Å²) in [6.45, 7) is 4.65. The number of hydrogen-bond acceptors (Lipinski definition) is 4. The first-order chi connectivity index (χ1) is 14.2. The summed E-state index contributed by atoms with van der Waals surface area (Å²) in [4.78, 5) is 17.4. The van der Waals surface area contributed by atoms with Crippen LogP contribution in [0.3, 0.4) is 0 Å². The van der Waals surface area contributed by atoms with Gasteiger partial charge in [-0.3, -0.25) is 4.79 Å². The lowest BCUT2D eigenvalue weighted by atomic mass is 9.96. The average molecular weight is 440 g/mol. The van der Waals surface area contributed by atoms with Crippen molar-refractivity contribution in [3.8, 4) is 22.4 Å². The van der Waals surface area contributed by atoms with Crippen LogP contribution in [0.15, 0.2) is 59.0 Å². The fourth-order valence-corrected chi connectivity index (χ4v) is 3.69. The summed E-state index contributed by atoms with van der Waals surface area (Å²) < 4.78 is 5.81. The first-order valence-corrected chi connectivity index (χ1v) is 10.1. The van der Waals surface area contributed by atoms with E-state index in [-0.39, 0.29) is 5.76 Å². The minimum absolute atomic E-state index is 0.100. The average Bonchev–Trinajstić information content (AvgIpc) is 3.02. The number of aromatic nitrogens is 1. The Balaban J connectivity index is 2.03. The zero-order valence-electron chi connectivity index (χ0n) is 16.7. The van der Waals surface area contributed by atoms with E-state index in [1.54, 1.807) is 13.0 Å². The van der Waals surface area contributed by atoms with Gasteiger partial charge in [-0.05, 0) is 50.6 Å². The molecule has 0 spiro atoms. The number of benzene rings is 2. The highest BCUT2D eigenvalue weighted by Crippen LogP contribution is 2.39. The van der Waals surface area contributed by atoms with Gasteiger partial charge in [0.15, 0.2) is 5.76 Å². The lowest BCUT2D eigenvalue weighted by Gasteiger charge is -2.13. The van der Waals surface area contributed by atoms with Gasteiger partial charge in [0.1, 0.15) is 5.60 Å². The van der Waals surface area contributed by atoms with Gasteiger partial charge < -0.3 is 9.52 Å². The van der Waals surface area contributed by atoms with E-state index < -0.39 is 11.4 Å². The SMILES string of the molecule is Cc1c(C(=O)C(C)(C)O)oc2nc(-c3ccccc3Cl)c(-c3ccc(Cl)cc3)cc12. The van der Waals surface area contributed by atoms with Crippen molar-refractivity contribution in [2.75, 3.05) is 0 Å². The second kappa shape index (κ2) is 7.55. The van der Waals surface area contributed by atoms with E-state index in [9.17, 15) is 9.90 Å². The summed E-state index contributed by atoms with van der Waals surface area (Å²) in [5.74, 6) is -0.395. The van der Waals surface area contributed by atoms with Crippen LogP contribution < -0.4 is 0 Å². The van der Waals surface area contributed by atoms with Gasteiger partial charge in [0.2, 0.25) is 11.5 Å². The molecule has 4 aromatic rings. The maximum absolute atomic E-state index is 12.7. The quantitative estimate of drug-likeness (QED) is 0.358. The number of halogens is 2. The van der Waals surface area contributed by atoms with Gasteiger partial charge in [-0.1, -0.05) is 53.5 Å². The number of rotatable bonds is 4. The molecule has 0 aliphatic carbocycles. The van der Waals surface area contributed by atoms with E-state index >= 15 is 0 Å². The van der Waals surface area contributed by atoms with Crippen LogP contribution in [-0.2, 0) is 0 Å². The number of pyridine rings is 1. The van der Waals surface area contributed by atoms with Crippen LogP contribution in [-0.4, -0.2) is 21.5 Å². The van der Waals surface area contributed by atoms with Gasteiger partial charge in [-0.25, -0.2) is 4.98 Å². The van der Waals surface area contributed by atoms with Crippen LogP contribution in [0.25, 0.3) is 33.5 Å². The predicted octanol–water partition coefficient (Wildman–Crippen LogP) is 6.73. The maximum atomic E-state index is 12.7. The van der Waals surface area contributed by atoms with Crippen LogP contribution in [0.1, 0.15) is 30.0 Å². The number of carbonyl (C=O) groups is 1. The van der Waals surface area contributed by atoms with Crippen molar-refractivity contribution in [3.63, 3.8) is 0 Å². The Morgan fingerprint density at radius 1 is 1.03 bits per heavy atom. The molecule has 0 atom stereocenters. The lowest BCUT2D eigenvalue weighted by Crippen LogP contribution is -2.31. The number of aliphatic hydroxyl groups is 1. The molecule has 4 rings (SSSR count). The van der Waals surface area contributed by atoms with Crippen molar-refractivity contribution < 1.29 is 14.3 Å². The smallest absolute Gasteiger partial charge is 0.229 e. The Labute approximate surface area is 184 Å². The molecule has 1 N–H and O–H groups in total. The van der Waals surface area contributed by atoms with Crippen LogP contribution in [0.4, 0.5) is 0 Å². The Morgan fingerprint density at radius 3 is 2.33 bits per heavy atom. The second-order valence-electron chi connectivity index (χ2n) is 7.67. The molecule has 30 heavy (non-hydrogen) atoms. The highest BCUT2D eigenvalue weighted by atomic mass is 35.5. The number of aryl methyl sites for hydroxylation is 1. The summed E-state index contributed by atoms with van der Waals surface area (Å²) in [5, 5.41) is 12.0. The third-order valence-electron chi connectivity index (χ3n) is 4.98. The van der Waals surface area contributed by atoms with Crippen LogP contribution in [0.2, 0.25) is 10.0 Å². The van der Waals surface area contributed by atoms with E-state index in [1.165, 1.54) is 13.8 Å². The summed E-state index contributed by atoms with van der Waals surface area (Å²) in [6, 6.07) is 16.8. The molecule has 2 aromatic carbocycles. The third kappa shape index (κ3) is 3.63. The van der Waals surface area contributed by atoms with Gasteiger partial charge in [0.05, 0.1) is 5.69 Å². The molecule has 152 valence electrons. The van der Waals surface area contributed by atoms with E-state index in [4.69, 9.17) is 32.6 Å². The molecule has 0 saturated carbocycles. The number of ketones is 1. The molecule has 2 aromatic heterocycles. The number of carbonyl (C=O) groups excluding carboxylic acids is 1. The number of hydrogen-bond donors (Lipinski definition) is 1. The molecule has 0 aliphatic heterocycles. The van der Waals surface area contributed by atoms with Gasteiger partial charge in [0.25, 0.3) is 0 Å². The summed E-state index contributed by atoms with van der Waals surface area (Å²) in [6.07, 6.45) is 0. The molecule has 6 heteroatoms. The normalized spacial score (nSPS) is 11.8. The van der Waals surface area contributed by atoms with Crippen molar-refractivity contribution in [1.29, 1.82) is 0 Å². The lowest BCUT2D eigenvalue weighted by molar-refractivity contribution is 0.0460. The first-order valence-electron chi connectivity index (χ1n) is 9.39. The second-order valence-corrected chi connectivity index (χ2v) is 8.51. The molecule has 0 unspecified atom stereocenters. The van der Waals surface area contributed by atoms with Gasteiger partial charge in [0, 0.05) is 32.1 Å². The van der Waals surface area contributed by atoms with Crippen molar-refractivity contribution in [3.05, 3.63) is 76.0 Å². The standard InChI is InChI=1S/C24H19Cl2NO3/c1-13-17-12-18(14-8-10-15(25)11-9-14)20(16-6-4-5-7-19(16)26)27-23(17)30-21(13)22(28)24(2,3)29/h4-12,29H,1-3H3. The fraction of sp³-hybridized carbons (Fsp3) is 0.167. The predicted molar refractivity (Wildman–Crippen MR) is 120 cm³/mol. The molecule has 0 saturated heterocycles. The van der Waals surface area contributed by atoms with E-state index in [0.29, 0.717) is 32.4 Å². The number of Topliss-reactive ketones (excluding diaryl/α,β-unsaturated/α-hetero) is 1. The molecule has 0 amide bonds. The fourth-order valence-electron chi connectivity index (χ4n) is 3.34. The molecule has 0 radical (unpaired) electrons. The van der Waals surface area contributed by atoms with Gasteiger partial charge in [-0.15, -0.1) is 0 Å². The van der Waals surface area contributed by atoms with Crippen molar-refractivity contribution in [2.24, 2.45) is 0 Å². The highest BCUT2D eigenvalue weighted by Gasteiger charge is 2.31. The van der Waals surface area contributed by atoms with Crippen LogP contribution in [0, 0.1) is 6.92 Å². The molecule has 2 heterocycles. The van der Waals surface area contributed by atoms with Crippen LogP contribution in [0.5, 0.6) is 0 Å². The Morgan fingerprint density at radius 2 is 1.70 bits per heavy atom. The van der Waals surface area contributed by atoms with Crippen LogP contribution >= 0.6 is 23.2 Å². The van der Waals surface area contributed by atoms with Gasteiger partial charge >= 0.3 is 0 Å². The molecular formula is C24H19Cl2NO3. The minimum Gasteiger partial charge on any atom is -0.434 e. The summed E-state index contributed by atoms with van der Waals surface area (Å²) in [7, 11) is 0. The monoisotopic (exact) mass is 439 g/mol. The summed E-state index contributed by atoms with van der Waals surface area (Å²) in [5.41, 5.74) is 2.50. The zero-order valence-corrected chi connectivity index (χ0v) is 18.2. The van der Waals surface area contributed by atoms with Gasteiger partial charge in [-0.2, -0.15) is 0 Å². The first kappa shape index (κ1) is 20.6. The van der Waals surface area contributed by atoms with Crippen molar-refractivity contribution in [1.82, 2.24) is 4.98 Å². The molecule has 0 fully saturated rings. The summed E-state index contributed by atoms with van der Waals surface area (Å²) >= 11 is 12.5. The van der Waals surface area contributed by atoms with E-state index in [2.05, 4.69) is 0 Å². The molecular weight excluding hydrogens is 421 g/mol. The largest absolute Gasteiger partial charge is 0.434 e. The highest BCUT2D eigenvalue weighted by molar-refractivity contribution is 6.33. The Hall–Kier alpha value is -2.66. The zero-order chi connectivity index (χ0) is 21.6. The van der Waals surface area contributed by atoms with E-state index in [0.717, 1.165) is 16.7 Å². The Bertz CT molecular complexity index is 1270. The topological polar surface area (TPSA) is 63.3 Å². The third-order valence-corrected chi connectivity index (χ3v) is 5.56. The number of nitrogens with zero attached hydrogens (tertiary/aromatic N) is 1. The number of furan rings is 1. The maximum Gasteiger partial charge on any atom is 0.229 e. The molecule has 0 bridgehead atoms.